The van der Waals surface area contributed by atoms with Crippen LogP contribution in [0, 0.1) is 0 Å². The zero-order valence-electron chi connectivity index (χ0n) is 9.88. The molecule has 17 heavy (non-hydrogen) atoms. The molecule has 0 aliphatic carbocycles. The average Bonchev–Trinajstić information content (AvgIpc) is 2.40. The Bertz CT molecular complexity index is 336. The summed E-state index contributed by atoms with van der Waals surface area (Å²) in [7, 11) is 0. The van der Waals surface area contributed by atoms with E-state index in [4.69, 9.17) is 15.6 Å². The van der Waals surface area contributed by atoms with Crippen molar-refractivity contribution in [3.05, 3.63) is 23.9 Å². The van der Waals surface area contributed by atoms with Gasteiger partial charge < -0.3 is 20.5 Å². The van der Waals surface area contributed by atoms with Gasteiger partial charge in [0.1, 0.15) is 5.82 Å². The van der Waals surface area contributed by atoms with Crippen LogP contribution in [-0.2, 0) is 11.2 Å². The first-order valence-corrected chi connectivity index (χ1v) is 5.93. The maximum Gasteiger partial charge on any atom is 0.128 e. The maximum absolute atomic E-state index is 8.89. The van der Waals surface area contributed by atoms with Crippen LogP contribution in [0.1, 0.15) is 5.56 Å². The van der Waals surface area contributed by atoms with Crippen LogP contribution in [0.2, 0.25) is 0 Å². The Morgan fingerprint density at radius 3 is 2.76 bits per heavy atom. The van der Waals surface area contributed by atoms with Crippen molar-refractivity contribution in [1.29, 1.82) is 0 Å². The molecule has 1 aliphatic heterocycles. The molecule has 3 N–H and O–H groups in total. The van der Waals surface area contributed by atoms with Gasteiger partial charge in [0.2, 0.25) is 0 Å². The quantitative estimate of drug-likeness (QED) is 0.757. The maximum atomic E-state index is 8.89. The molecule has 0 aromatic carbocycles. The van der Waals surface area contributed by atoms with Crippen molar-refractivity contribution in [2.75, 3.05) is 37.8 Å². The molecular weight excluding hydrogens is 218 g/mol. The summed E-state index contributed by atoms with van der Waals surface area (Å²) in [6.45, 7) is 3.31. The van der Waals surface area contributed by atoms with Crippen molar-refractivity contribution >= 4 is 5.82 Å². The summed E-state index contributed by atoms with van der Waals surface area (Å²) in [6.07, 6.45) is 2.49. The van der Waals surface area contributed by atoms with Crippen molar-refractivity contribution in [3.63, 3.8) is 0 Å². The van der Waals surface area contributed by atoms with E-state index in [-0.39, 0.29) is 12.6 Å². The minimum absolute atomic E-state index is 0.00517. The summed E-state index contributed by atoms with van der Waals surface area (Å²) in [5.74, 6) is 0.981. The average molecular weight is 237 g/mol. The standard InChI is InChI=1S/C12H19N3O2/c13-11(9-16)7-10-1-2-12(14-8-10)15-3-5-17-6-4-15/h1-2,8,11,16H,3-7,9,13H2. The number of hydrogen-bond acceptors (Lipinski definition) is 5. The van der Waals surface area contributed by atoms with Crippen LogP contribution >= 0.6 is 0 Å². The molecule has 0 amide bonds. The number of ether oxygens (including phenoxy) is 1. The Kier molecular flexibility index (Phi) is 4.30. The minimum atomic E-state index is -0.203. The number of aliphatic hydroxyl groups is 1. The fourth-order valence-corrected chi connectivity index (χ4v) is 1.88. The molecule has 2 rings (SSSR count). The lowest BCUT2D eigenvalue weighted by Gasteiger charge is -2.27. The molecule has 1 atom stereocenters. The van der Waals surface area contributed by atoms with Gasteiger partial charge in [0.25, 0.3) is 0 Å². The van der Waals surface area contributed by atoms with Crippen LogP contribution < -0.4 is 10.6 Å². The first-order chi connectivity index (χ1) is 8.29. The van der Waals surface area contributed by atoms with E-state index in [9.17, 15) is 0 Å². The zero-order chi connectivity index (χ0) is 12.1. The first-order valence-electron chi connectivity index (χ1n) is 5.93. The molecule has 1 aliphatic rings. The topological polar surface area (TPSA) is 71.6 Å². The SMILES string of the molecule is NC(CO)Cc1ccc(N2CCOCC2)nc1. The zero-order valence-corrected chi connectivity index (χ0v) is 9.88. The Hall–Kier alpha value is -1.17. The van der Waals surface area contributed by atoms with Crippen LogP contribution in [0.25, 0.3) is 0 Å². The number of anilines is 1. The summed E-state index contributed by atoms with van der Waals surface area (Å²) < 4.78 is 5.30. The molecule has 1 fully saturated rings. The highest BCUT2D eigenvalue weighted by Crippen LogP contribution is 2.13. The third kappa shape index (κ3) is 3.39. The van der Waals surface area contributed by atoms with Gasteiger partial charge in [-0.05, 0) is 18.1 Å². The molecule has 94 valence electrons. The number of nitrogens with two attached hydrogens (primary N) is 1. The van der Waals surface area contributed by atoms with Gasteiger partial charge in [0.15, 0.2) is 0 Å². The summed E-state index contributed by atoms with van der Waals surface area (Å²) >= 11 is 0. The molecule has 1 unspecified atom stereocenters. The highest BCUT2D eigenvalue weighted by atomic mass is 16.5. The smallest absolute Gasteiger partial charge is 0.128 e. The molecule has 1 aromatic heterocycles. The van der Waals surface area contributed by atoms with E-state index >= 15 is 0 Å². The van der Waals surface area contributed by atoms with Gasteiger partial charge in [-0.15, -0.1) is 0 Å². The van der Waals surface area contributed by atoms with Crippen molar-refractivity contribution in [3.8, 4) is 0 Å². The number of nitrogens with zero attached hydrogens (tertiary/aromatic N) is 2. The number of morpholine rings is 1. The van der Waals surface area contributed by atoms with Crippen molar-refractivity contribution < 1.29 is 9.84 Å². The molecule has 0 bridgehead atoms. The van der Waals surface area contributed by atoms with Crippen LogP contribution in [0.3, 0.4) is 0 Å². The molecule has 2 heterocycles. The van der Waals surface area contributed by atoms with E-state index in [0.717, 1.165) is 37.7 Å². The third-order valence-corrected chi connectivity index (χ3v) is 2.88. The van der Waals surface area contributed by atoms with Crippen molar-refractivity contribution in [1.82, 2.24) is 4.98 Å². The molecule has 0 spiro atoms. The molecule has 0 radical (unpaired) electrons. The molecule has 5 nitrogen and oxygen atoms in total. The Balaban J connectivity index is 1.97. The number of hydrogen-bond donors (Lipinski definition) is 2. The first kappa shape index (κ1) is 12.3. The summed E-state index contributed by atoms with van der Waals surface area (Å²) in [5.41, 5.74) is 6.74. The van der Waals surface area contributed by atoms with E-state index in [1.807, 2.05) is 18.3 Å². The van der Waals surface area contributed by atoms with E-state index in [0.29, 0.717) is 6.42 Å². The van der Waals surface area contributed by atoms with Gasteiger partial charge in [-0.2, -0.15) is 0 Å². The minimum Gasteiger partial charge on any atom is -0.395 e. The van der Waals surface area contributed by atoms with E-state index in [2.05, 4.69) is 9.88 Å². The molecule has 0 saturated carbocycles. The lowest BCUT2D eigenvalue weighted by Crippen LogP contribution is -2.36. The Morgan fingerprint density at radius 1 is 1.41 bits per heavy atom. The van der Waals surface area contributed by atoms with Crippen LogP contribution in [0.5, 0.6) is 0 Å². The highest BCUT2D eigenvalue weighted by Gasteiger charge is 2.12. The predicted molar refractivity (Wildman–Crippen MR) is 66.0 cm³/mol. The molecule has 1 saturated heterocycles. The number of aliphatic hydroxyl groups excluding tert-OH is 1. The van der Waals surface area contributed by atoms with Gasteiger partial charge in [-0.25, -0.2) is 4.98 Å². The van der Waals surface area contributed by atoms with E-state index in [1.54, 1.807) is 0 Å². The molecule has 5 heteroatoms. The lowest BCUT2D eigenvalue weighted by atomic mass is 10.1. The highest BCUT2D eigenvalue weighted by molar-refractivity contribution is 5.39. The largest absolute Gasteiger partial charge is 0.395 e. The van der Waals surface area contributed by atoms with Gasteiger partial charge >= 0.3 is 0 Å². The number of aromatic nitrogens is 1. The fourth-order valence-electron chi connectivity index (χ4n) is 1.88. The van der Waals surface area contributed by atoms with E-state index < -0.39 is 0 Å². The molecular formula is C12H19N3O2. The van der Waals surface area contributed by atoms with E-state index in [1.165, 1.54) is 0 Å². The third-order valence-electron chi connectivity index (χ3n) is 2.88. The number of pyridine rings is 1. The van der Waals surface area contributed by atoms with Gasteiger partial charge in [0.05, 0.1) is 19.8 Å². The summed E-state index contributed by atoms with van der Waals surface area (Å²) in [5, 5.41) is 8.89. The second-order valence-corrected chi connectivity index (χ2v) is 4.27. The van der Waals surface area contributed by atoms with Crippen molar-refractivity contribution in [2.24, 2.45) is 5.73 Å². The van der Waals surface area contributed by atoms with Crippen LogP contribution in [0.15, 0.2) is 18.3 Å². The monoisotopic (exact) mass is 237 g/mol. The summed E-state index contributed by atoms with van der Waals surface area (Å²) in [4.78, 5) is 6.63. The predicted octanol–water partition coefficient (Wildman–Crippen LogP) is -0.220. The van der Waals surface area contributed by atoms with Gasteiger partial charge in [0, 0.05) is 25.3 Å². The fraction of sp³-hybridized carbons (Fsp3) is 0.583. The second kappa shape index (κ2) is 5.95. The Labute approximate surface area is 101 Å². The van der Waals surface area contributed by atoms with Gasteiger partial charge in [-0.3, -0.25) is 0 Å². The second-order valence-electron chi connectivity index (χ2n) is 4.27. The van der Waals surface area contributed by atoms with Crippen molar-refractivity contribution in [2.45, 2.75) is 12.5 Å². The lowest BCUT2D eigenvalue weighted by molar-refractivity contribution is 0.122. The van der Waals surface area contributed by atoms with Crippen LogP contribution in [0.4, 0.5) is 5.82 Å². The Morgan fingerprint density at radius 2 is 2.18 bits per heavy atom. The summed E-state index contributed by atoms with van der Waals surface area (Å²) in [6, 6.07) is 3.82. The van der Waals surface area contributed by atoms with Gasteiger partial charge in [-0.1, -0.05) is 6.07 Å². The van der Waals surface area contributed by atoms with Crippen LogP contribution in [-0.4, -0.2) is 49.0 Å². The number of rotatable bonds is 4. The normalized spacial score (nSPS) is 18.1. The molecule has 1 aromatic rings.